The molecule has 0 aliphatic carbocycles. The number of ether oxygens (including phenoxy) is 1. The second-order valence-electron chi connectivity index (χ2n) is 3.51. The van der Waals surface area contributed by atoms with Crippen LogP contribution in [-0.4, -0.2) is 42.9 Å². The fourth-order valence-electron chi connectivity index (χ4n) is 1.10. The van der Waals surface area contributed by atoms with Gasteiger partial charge in [-0.15, -0.1) is 13.2 Å². The van der Waals surface area contributed by atoms with Crippen LogP contribution in [-0.2, 0) is 9.53 Å². The second kappa shape index (κ2) is 10.3. The van der Waals surface area contributed by atoms with Gasteiger partial charge in [-0.1, -0.05) is 12.2 Å². The fraction of sp³-hybridized carbons (Fsp3) is 0.500. The molecular weight excluding hydrogens is 236 g/mol. The number of nitrogens with one attached hydrogen (secondary N) is 2. The van der Waals surface area contributed by atoms with E-state index >= 15 is 0 Å². The highest BCUT2D eigenvalue weighted by molar-refractivity contribution is 5.82. The van der Waals surface area contributed by atoms with Gasteiger partial charge in [-0.25, -0.2) is 9.59 Å². The van der Waals surface area contributed by atoms with Crippen LogP contribution in [0.2, 0.25) is 0 Å². The van der Waals surface area contributed by atoms with Gasteiger partial charge >= 0.3 is 12.0 Å². The van der Waals surface area contributed by atoms with Gasteiger partial charge in [0.05, 0.1) is 13.2 Å². The Balaban J connectivity index is 3.71. The van der Waals surface area contributed by atoms with E-state index in [9.17, 15) is 9.59 Å². The average Bonchev–Trinajstić information content (AvgIpc) is 2.33. The lowest BCUT2D eigenvalue weighted by molar-refractivity contribution is -0.139. The van der Waals surface area contributed by atoms with E-state index < -0.39 is 18.0 Å². The van der Waals surface area contributed by atoms with Crippen molar-refractivity contribution in [2.45, 2.75) is 18.9 Å². The Morgan fingerprint density at radius 1 is 1.28 bits per heavy atom. The monoisotopic (exact) mass is 256 g/mol. The number of urea groups is 1. The van der Waals surface area contributed by atoms with Gasteiger partial charge in [0.25, 0.3) is 0 Å². The number of hydrogen-bond acceptors (Lipinski definition) is 3. The zero-order valence-corrected chi connectivity index (χ0v) is 10.4. The van der Waals surface area contributed by atoms with Crippen LogP contribution in [0.4, 0.5) is 4.79 Å². The van der Waals surface area contributed by atoms with Crippen LogP contribution >= 0.6 is 0 Å². The van der Waals surface area contributed by atoms with Gasteiger partial charge in [0.2, 0.25) is 0 Å². The smallest absolute Gasteiger partial charge is 0.326 e. The number of carbonyl (C=O) groups excluding carboxylic acids is 1. The third-order valence-corrected chi connectivity index (χ3v) is 2.00. The molecule has 6 nitrogen and oxygen atoms in total. The average molecular weight is 256 g/mol. The third kappa shape index (κ3) is 8.35. The highest BCUT2D eigenvalue weighted by Gasteiger charge is 2.17. The molecule has 0 aliphatic heterocycles. The van der Waals surface area contributed by atoms with Crippen molar-refractivity contribution in [1.82, 2.24) is 10.6 Å². The molecule has 0 aromatic carbocycles. The Hall–Kier alpha value is -1.82. The molecule has 1 unspecified atom stereocenters. The molecule has 0 bridgehead atoms. The quantitative estimate of drug-likeness (QED) is 0.400. The zero-order chi connectivity index (χ0) is 13.8. The Morgan fingerprint density at radius 2 is 2.00 bits per heavy atom. The number of carboxylic acids is 1. The van der Waals surface area contributed by atoms with Gasteiger partial charge < -0.3 is 20.5 Å². The van der Waals surface area contributed by atoms with Gasteiger partial charge in [0.15, 0.2) is 0 Å². The molecule has 6 heteroatoms. The van der Waals surface area contributed by atoms with E-state index in [1.165, 1.54) is 6.08 Å². The summed E-state index contributed by atoms with van der Waals surface area (Å²) in [6.45, 7) is 8.24. The minimum absolute atomic E-state index is 0.179. The summed E-state index contributed by atoms with van der Waals surface area (Å²) in [5, 5.41) is 13.6. The van der Waals surface area contributed by atoms with Crippen molar-refractivity contribution in [3.63, 3.8) is 0 Å². The molecule has 2 amide bonds. The van der Waals surface area contributed by atoms with Gasteiger partial charge in [0.1, 0.15) is 6.04 Å². The lowest BCUT2D eigenvalue weighted by Crippen LogP contribution is -2.46. The number of carboxylic acid groups (broad SMARTS) is 1. The summed E-state index contributed by atoms with van der Waals surface area (Å²) < 4.78 is 5.18. The summed E-state index contributed by atoms with van der Waals surface area (Å²) in [4.78, 5) is 22.1. The maximum atomic E-state index is 11.3. The number of carbonyl (C=O) groups is 2. The highest BCUT2D eigenvalue weighted by Crippen LogP contribution is 1.92. The normalized spacial score (nSPS) is 11.3. The van der Waals surface area contributed by atoms with Crippen LogP contribution in [0.3, 0.4) is 0 Å². The summed E-state index contributed by atoms with van der Waals surface area (Å²) >= 11 is 0. The predicted octanol–water partition coefficient (Wildman–Crippen LogP) is 0.908. The Labute approximate surface area is 107 Å². The van der Waals surface area contributed by atoms with Crippen molar-refractivity contribution in [3.8, 4) is 0 Å². The topological polar surface area (TPSA) is 87.7 Å². The molecule has 0 rings (SSSR count). The fourth-order valence-corrected chi connectivity index (χ4v) is 1.10. The molecular formula is C12H20N2O4. The van der Waals surface area contributed by atoms with Crippen LogP contribution in [0.5, 0.6) is 0 Å². The Morgan fingerprint density at radius 3 is 2.56 bits per heavy atom. The van der Waals surface area contributed by atoms with Crippen molar-refractivity contribution in [2.75, 3.05) is 19.8 Å². The summed E-state index contributed by atoms with van der Waals surface area (Å²) in [5.74, 6) is -1.09. The van der Waals surface area contributed by atoms with Crippen LogP contribution in [0, 0.1) is 0 Å². The molecule has 102 valence electrons. The summed E-state index contributed by atoms with van der Waals surface area (Å²) in [6.07, 6.45) is 4.12. The SMILES string of the molecule is C=CCCOCCNC(=O)NC(CC=C)C(=O)O. The van der Waals surface area contributed by atoms with Crippen molar-refractivity contribution < 1.29 is 19.4 Å². The minimum Gasteiger partial charge on any atom is -0.480 e. The first-order chi connectivity index (χ1) is 8.61. The first-order valence-corrected chi connectivity index (χ1v) is 5.68. The van der Waals surface area contributed by atoms with E-state index in [1.54, 1.807) is 6.08 Å². The minimum atomic E-state index is -1.09. The Kier molecular flexibility index (Phi) is 9.30. The maximum Gasteiger partial charge on any atom is 0.326 e. The van der Waals surface area contributed by atoms with Crippen LogP contribution in [0.25, 0.3) is 0 Å². The molecule has 18 heavy (non-hydrogen) atoms. The molecule has 0 aromatic rings. The molecule has 0 aromatic heterocycles. The number of hydrogen-bond donors (Lipinski definition) is 3. The van der Waals surface area contributed by atoms with Crippen molar-refractivity contribution in [2.24, 2.45) is 0 Å². The van der Waals surface area contributed by atoms with E-state index in [4.69, 9.17) is 9.84 Å². The summed E-state index contributed by atoms with van der Waals surface area (Å²) in [5.41, 5.74) is 0. The van der Waals surface area contributed by atoms with Crippen LogP contribution in [0.1, 0.15) is 12.8 Å². The number of aliphatic carboxylic acids is 1. The lowest BCUT2D eigenvalue weighted by Gasteiger charge is -2.13. The summed E-state index contributed by atoms with van der Waals surface area (Å²) in [7, 11) is 0. The van der Waals surface area contributed by atoms with Crippen LogP contribution in [0.15, 0.2) is 25.3 Å². The summed E-state index contributed by atoms with van der Waals surface area (Å²) in [6, 6.07) is -1.49. The van der Waals surface area contributed by atoms with E-state index in [0.717, 1.165) is 6.42 Å². The molecule has 0 saturated carbocycles. The van der Waals surface area contributed by atoms with Gasteiger partial charge in [-0.2, -0.15) is 0 Å². The first-order valence-electron chi connectivity index (χ1n) is 5.68. The van der Waals surface area contributed by atoms with E-state index in [-0.39, 0.29) is 6.42 Å². The highest BCUT2D eigenvalue weighted by atomic mass is 16.5. The van der Waals surface area contributed by atoms with E-state index in [1.807, 2.05) is 0 Å². The standard InChI is InChI=1S/C12H20N2O4/c1-3-5-8-18-9-7-13-12(17)14-10(6-4-2)11(15)16/h3-4,10H,1-2,5-9H2,(H,15,16)(H2,13,14,17). The lowest BCUT2D eigenvalue weighted by atomic mass is 10.2. The van der Waals surface area contributed by atoms with Gasteiger partial charge in [0, 0.05) is 6.54 Å². The van der Waals surface area contributed by atoms with Gasteiger partial charge in [-0.3, -0.25) is 0 Å². The molecule has 0 heterocycles. The van der Waals surface area contributed by atoms with Crippen LogP contribution < -0.4 is 10.6 Å². The number of rotatable bonds is 10. The van der Waals surface area contributed by atoms with Crippen molar-refractivity contribution >= 4 is 12.0 Å². The molecule has 0 radical (unpaired) electrons. The van der Waals surface area contributed by atoms with E-state index in [2.05, 4.69) is 23.8 Å². The second-order valence-corrected chi connectivity index (χ2v) is 3.51. The molecule has 0 spiro atoms. The predicted molar refractivity (Wildman–Crippen MR) is 68.4 cm³/mol. The molecule has 1 atom stereocenters. The zero-order valence-electron chi connectivity index (χ0n) is 10.4. The Bertz CT molecular complexity index is 292. The largest absolute Gasteiger partial charge is 0.480 e. The van der Waals surface area contributed by atoms with Crippen molar-refractivity contribution in [3.05, 3.63) is 25.3 Å². The third-order valence-electron chi connectivity index (χ3n) is 2.00. The first kappa shape index (κ1) is 16.2. The van der Waals surface area contributed by atoms with E-state index in [0.29, 0.717) is 19.8 Å². The molecule has 0 saturated heterocycles. The maximum absolute atomic E-state index is 11.3. The van der Waals surface area contributed by atoms with Crippen molar-refractivity contribution in [1.29, 1.82) is 0 Å². The van der Waals surface area contributed by atoms with Gasteiger partial charge in [-0.05, 0) is 12.8 Å². The molecule has 3 N–H and O–H groups in total. The number of amides is 2. The molecule has 0 fully saturated rings. The molecule has 0 aliphatic rings.